The summed E-state index contributed by atoms with van der Waals surface area (Å²) in [5.74, 6) is 0.0664. The summed E-state index contributed by atoms with van der Waals surface area (Å²) >= 11 is 15.2. The van der Waals surface area contributed by atoms with E-state index in [0.717, 1.165) is 25.9 Å². The van der Waals surface area contributed by atoms with Crippen molar-refractivity contribution in [2.45, 2.75) is 152 Å². The molecule has 0 bridgehead atoms. The van der Waals surface area contributed by atoms with E-state index in [1.165, 1.54) is 86.4 Å². The Kier molecular flexibility index (Phi) is 10.4. The van der Waals surface area contributed by atoms with Crippen LogP contribution in [0.1, 0.15) is 140 Å². The second-order valence-corrected chi connectivity index (χ2v) is 27.5. The van der Waals surface area contributed by atoms with Gasteiger partial charge in [-0.1, -0.05) is 146 Å². The summed E-state index contributed by atoms with van der Waals surface area (Å²) < 4.78 is 8.73. The molecule has 308 valence electrons. The molecule has 2 spiro atoms. The Labute approximate surface area is 361 Å². The van der Waals surface area contributed by atoms with E-state index in [2.05, 4.69) is 166 Å². The molecule has 0 N–H and O–H groups in total. The first kappa shape index (κ1) is 41.9. The van der Waals surface area contributed by atoms with E-state index in [4.69, 9.17) is 27.9 Å². The molecule has 2 nitrogen and oxygen atoms in total. The first-order valence-electron chi connectivity index (χ1n) is 22.1. The normalized spacial score (nSPS) is 22.2. The molecule has 1 saturated heterocycles. The number of fused-ring (bicyclic) bond motifs is 12. The molecule has 4 aromatic carbocycles. The number of benzene rings is 4. The summed E-state index contributed by atoms with van der Waals surface area (Å²) in [5.41, 5.74) is 17.0. The number of aryl methyl sites for hydroxylation is 2. The summed E-state index contributed by atoms with van der Waals surface area (Å²) in [5, 5.41) is 0.913. The maximum atomic E-state index is 7.59. The van der Waals surface area contributed by atoms with Crippen LogP contribution in [0.2, 0.25) is 12.6 Å². The van der Waals surface area contributed by atoms with Crippen LogP contribution in [0, 0.1) is 12.8 Å². The number of hydrogen-bond donors (Lipinski definition) is 0. The maximum absolute atomic E-state index is 7.59. The number of unbranched alkanes of at least 4 members (excludes halogenated alkanes) is 3. The number of ether oxygens (including phenoxy) is 1. The van der Waals surface area contributed by atoms with E-state index >= 15 is 0 Å². The van der Waals surface area contributed by atoms with E-state index in [1.807, 2.05) is 0 Å². The number of aromatic nitrogens is 1. The molecule has 2 heterocycles. The average Bonchev–Trinajstić information content (AvgIpc) is 3.72. The molecule has 3 unspecified atom stereocenters. The fourth-order valence-electron chi connectivity index (χ4n) is 12.3. The van der Waals surface area contributed by atoms with Crippen molar-refractivity contribution < 1.29 is 4.74 Å². The van der Waals surface area contributed by atoms with E-state index in [-0.39, 0.29) is 32.4 Å². The SMILES string of the molecule is Cc1ccc2c(c1)c1c(n2C)-c2ccccc2C12CCC(C(Cl)Cl)C1(c3cc(C(C)(C)C)ccc3-c3ccc(C(C)(C)C)cc31)[Si]2(C)CCCCCCOC(C)(C)C. The monoisotopic (exact) mass is 831 g/mol. The minimum absolute atomic E-state index is 0.0158. The van der Waals surface area contributed by atoms with Gasteiger partial charge in [0.2, 0.25) is 0 Å². The standard InChI is InChI=1S/C53H67Cl2NOSi/c1-34-21-26-45-40(31-34)46-47(56(45)11)39-19-15-16-20-41(39)52(46)28-27-42(48(54)55)53(58(52,12)30-18-14-13-17-29-57-51(8,9)10)43-32-35(49(2,3)4)22-24-37(43)38-25-23-36(33-44(38)53)50(5,6)7/h15-16,19-26,31-33,42,48H,13-14,17-18,27-30H2,1-12H3. The van der Waals surface area contributed by atoms with Gasteiger partial charge in [-0.15, -0.1) is 23.2 Å². The fraction of sp³-hybridized carbons (Fsp3) is 0.509. The van der Waals surface area contributed by atoms with Crippen LogP contribution in [0.3, 0.4) is 0 Å². The molecule has 1 aliphatic heterocycles. The molecule has 0 saturated carbocycles. The van der Waals surface area contributed by atoms with Gasteiger partial charge >= 0.3 is 0 Å². The summed E-state index contributed by atoms with van der Waals surface area (Å²) in [6.45, 7) is 26.6. The van der Waals surface area contributed by atoms with Gasteiger partial charge in [-0.25, -0.2) is 0 Å². The van der Waals surface area contributed by atoms with Crippen molar-refractivity contribution in [1.82, 2.24) is 4.57 Å². The smallest absolute Gasteiger partial charge is 0.111 e. The van der Waals surface area contributed by atoms with Crippen LogP contribution in [0.4, 0.5) is 0 Å². The first-order chi connectivity index (χ1) is 27.2. The van der Waals surface area contributed by atoms with Crippen molar-refractivity contribution in [3.05, 3.63) is 118 Å². The van der Waals surface area contributed by atoms with Crippen LogP contribution in [0.25, 0.3) is 33.3 Å². The van der Waals surface area contributed by atoms with Gasteiger partial charge in [0.15, 0.2) is 0 Å². The number of rotatable bonds is 8. The molecule has 3 atom stereocenters. The van der Waals surface area contributed by atoms with Gasteiger partial charge in [-0.05, 0) is 114 Å². The predicted octanol–water partition coefficient (Wildman–Crippen LogP) is 15.1. The number of nitrogens with zero attached hydrogens (tertiary/aromatic N) is 1. The van der Waals surface area contributed by atoms with Gasteiger partial charge in [0.05, 0.1) is 19.4 Å². The molecular weight excluding hydrogens is 766 g/mol. The Bertz CT molecular complexity index is 2320. The third-order valence-corrected chi connectivity index (χ3v) is 22.2. The van der Waals surface area contributed by atoms with Gasteiger partial charge in [-0.2, -0.15) is 0 Å². The van der Waals surface area contributed by atoms with Gasteiger partial charge in [0.25, 0.3) is 0 Å². The van der Waals surface area contributed by atoms with Gasteiger partial charge in [-0.3, -0.25) is 0 Å². The van der Waals surface area contributed by atoms with Crippen LogP contribution < -0.4 is 0 Å². The van der Waals surface area contributed by atoms with E-state index in [0.29, 0.717) is 0 Å². The highest BCUT2D eigenvalue weighted by molar-refractivity contribution is 6.86. The van der Waals surface area contributed by atoms with Crippen molar-refractivity contribution in [2.75, 3.05) is 6.61 Å². The third kappa shape index (κ3) is 6.17. The fourth-order valence-corrected chi connectivity index (χ4v) is 20.6. The van der Waals surface area contributed by atoms with E-state index < -0.39 is 12.9 Å². The number of hydrogen-bond acceptors (Lipinski definition) is 1. The van der Waals surface area contributed by atoms with Crippen molar-refractivity contribution >= 4 is 42.2 Å². The van der Waals surface area contributed by atoms with Crippen LogP contribution in [-0.4, -0.2) is 29.7 Å². The molecule has 0 radical (unpaired) electrons. The summed E-state index contributed by atoms with van der Waals surface area (Å²) in [6, 6.07) is 32.9. The van der Waals surface area contributed by atoms with Crippen LogP contribution in [0.15, 0.2) is 78.9 Å². The zero-order valence-electron chi connectivity index (χ0n) is 37.4. The third-order valence-electron chi connectivity index (χ3n) is 14.9. The minimum atomic E-state index is -2.80. The molecule has 1 aromatic heterocycles. The number of halogens is 2. The zero-order valence-corrected chi connectivity index (χ0v) is 39.9. The lowest BCUT2D eigenvalue weighted by Gasteiger charge is -2.64. The molecule has 2 aliphatic carbocycles. The summed E-state index contributed by atoms with van der Waals surface area (Å²) in [7, 11) is -0.488. The molecule has 58 heavy (non-hydrogen) atoms. The molecular formula is C53H67Cl2NOSi. The van der Waals surface area contributed by atoms with Gasteiger partial charge < -0.3 is 9.30 Å². The number of alkyl halides is 2. The van der Waals surface area contributed by atoms with Crippen LogP contribution >= 0.6 is 23.2 Å². The van der Waals surface area contributed by atoms with Crippen molar-refractivity contribution in [3.8, 4) is 22.4 Å². The Morgan fingerprint density at radius 1 is 0.741 bits per heavy atom. The Morgan fingerprint density at radius 2 is 1.34 bits per heavy atom. The largest absolute Gasteiger partial charge is 0.376 e. The summed E-state index contributed by atoms with van der Waals surface area (Å²) in [4.78, 5) is -0.514. The first-order valence-corrected chi connectivity index (χ1v) is 25.7. The quantitative estimate of drug-likeness (QED) is 0.0863. The predicted molar refractivity (Wildman–Crippen MR) is 253 cm³/mol. The van der Waals surface area contributed by atoms with Crippen molar-refractivity contribution in [1.29, 1.82) is 0 Å². The molecule has 3 aliphatic rings. The molecule has 5 aromatic rings. The van der Waals surface area contributed by atoms with Crippen LogP contribution in [0.5, 0.6) is 0 Å². The highest BCUT2D eigenvalue weighted by atomic mass is 35.5. The van der Waals surface area contributed by atoms with Crippen molar-refractivity contribution in [3.63, 3.8) is 0 Å². The van der Waals surface area contributed by atoms with Crippen LogP contribution in [-0.2, 0) is 32.7 Å². The lowest BCUT2D eigenvalue weighted by atomic mass is 9.74. The zero-order chi connectivity index (χ0) is 41.8. The molecule has 0 amide bonds. The van der Waals surface area contributed by atoms with E-state index in [9.17, 15) is 0 Å². The minimum Gasteiger partial charge on any atom is -0.376 e. The Morgan fingerprint density at radius 3 is 1.93 bits per heavy atom. The Hall–Kier alpha value is -2.82. The second kappa shape index (κ2) is 14.4. The van der Waals surface area contributed by atoms with Crippen molar-refractivity contribution in [2.24, 2.45) is 13.0 Å². The Balaban J connectivity index is 1.48. The topological polar surface area (TPSA) is 14.2 Å². The van der Waals surface area contributed by atoms with E-state index in [1.54, 1.807) is 11.1 Å². The average molecular weight is 833 g/mol. The highest BCUT2D eigenvalue weighted by Gasteiger charge is 2.73. The van der Waals surface area contributed by atoms with Gasteiger partial charge in [0.1, 0.15) is 4.84 Å². The molecule has 1 fully saturated rings. The lowest BCUT2D eigenvalue weighted by Crippen LogP contribution is -2.72. The lowest BCUT2D eigenvalue weighted by molar-refractivity contribution is -0.00471. The van der Waals surface area contributed by atoms with Gasteiger partial charge in [0, 0.05) is 46.1 Å². The highest BCUT2D eigenvalue weighted by Crippen LogP contribution is 2.73. The molecule has 8 rings (SSSR count). The maximum Gasteiger partial charge on any atom is 0.111 e. The second-order valence-electron chi connectivity index (χ2n) is 21.5. The summed E-state index contributed by atoms with van der Waals surface area (Å²) in [6.07, 6.45) is 6.63. The molecule has 5 heteroatoms.